The topological polar surface area (TPSA) is 59.3 Å². The predicted molar refractivity (Wildman–Crippen MR) is 78.0 cm³/mol. The van der Waals surface area contributed by atoms with Crippen molar-refractivity contribution in [3.8, 4) is 0 Å². The van der Waals surface area contributed by atoms with E-state index >= 15 is 0 Å². The molecule has 0 atom stereocenters. The van der Waals surface area contributed by atoms with Gasteiger partial charge in [-0.3, -0.25) is 10.1 Å². The molecule has 1 aromatic heterocycles. The zero-order chi connectivity index (χ0) is 14.2. The average molecular weight is 275 g/mol. The number of pyridine rings is 1. The number of nitrogens with zero attached hydrogens (tertiary/aromatic N) is 3. The van der Waals surface area contributed by atoms with E-state index in [2.05, 4.69) is 9.88 Å². The van der Waals surface area contributed by atoms with Gasteiger partial charge >= 0.3 is 5.69 Å². The first-order valence-corrected chi connectivity index (χ1v) is 7.46. The number of rotatable bonds is 2. The van der Waals surface area contributed by atoms with Crippen LogP contribution in [0.5, 0.6) is 0 Å². The van der Waals surface area contributed by atoms with Gasteiger partial charge in [0, 0.05) is 24.8 Å². The van der Waals surface area contributed by atoms with Gasteiger partial charge in [-0.15, -0.1) is 0 Å². The highest BCUT2D eigenvalue weighted by Gasteiger charge is 2.38. The Balaban J connectivity index is 1.81. The van der Waals surface area contributed by atoms with Gasteiger partial charge in [0.2, 0.25) is 5.82 Å². The Kier molecular flexibility index (Phi) is 3.36. The number of aromatic nitrogens is 1. The molecule has 2 aliphatic rings. The van der Waals surface area contributed by atoms with Crippen LogP contribution in [0.4, 0.5) is 11.5 Å². The van der Waals surface area contributed by atoms with Crippen LogP contribution < -0.4 is 4.90 Å². The summed E-state index contributed by atoms with van der Waals surface area (Å²) in [5.41, 5.74) is 1.39. The Hall–Kier alpha value is -1.65. The van der Waals surface area contributed by atoms with Crippen molar-refractivity contribution < 1.29 is 4.92 Å². The minimum absolute atomic E-state index is 0.176. The van der Waals surface area contributed by atoms with E-state index in [9.17, 15) is 10.1 Å². The van der Waals surface area contributed by atoms with Gasteiger partial charge in [-0.25, -0.2) is 4.98 Å². The molecular weight excluding hydrogens is 254 g/mol. The van der Waals surface area contributed by atoms with Crippen molar-refractivity contribution in [2.75, 3.05) is 18.0 Å². The van der Waals surface area contributed by atoms with E-state index in [4.69, 9.17) is 0 Å². The van der Waals surface area contributed by atoms with Crippen LogP contribution >= 0.6 is 0 Å². The first kappa shape index (κ1) is 13.3. The van der Waals surface area contributed by atoms with E-state index in [0.29, 0.717) is 16.8 Å². The normalized spacial score (nSPS) is 21.4. The maximum atomic E-state index is 11.3. The van der Waals surface area contributed by atoms with Crippen LogP contribution in [0, 0.1) is 22.5 Å². The summed E-state index contributed by atoms with van der Waals surface area (Å²) in [7, 11) is 0. The second-order valence-corrected chi connectivity index (χ2v) is 6.25. The van der Waals surface area contributed by atoms with E-state index < -0.39 is 0 Å². The largest absolute Gasteiger partial charge is 0.351 e. The molecule has 20 heavy (non-hydrogen) atoms. The number of anilines is 1. The molecule has 5 heteroatoms. The van der Waals surface area contributed by atoms with Crippen molar-refractivity contribution in [1.29, 1.82) is 0 Å². The van der Waals surface area contributed by atoms with E-state index in [-0.39, 0.29) is 10.6 Å². The Morgan fingerprint density at radius 1 is 1.25 bits per heavy atom. The van der Waals surface area contributed by atoms with E-state index in [1.807, 2.05) is 0 Å². The van der Waals surface area contributed by atoms with Gasteiger partial charge in [0.1, 0.15) is 0 Å². The summed E-state index contributed by atoms with van der Waals surface area (Å²) in [6.45, 7) is 3.58. The summed E-state index contributed by atoms with van der Waals surface area (Å²) in [6.07, 6.45) is 9.36. The SMILES string of the molecule is Cc1ccnc(N2CCC3(CCCC3)CC2)c1[N+](=O)[O-]. The monoisotopic (exact) mass is 275 g/mol. The second kappa shape index (κ2) is 5.04. The lowest BCUT2D eigenvalue weighted by Crippen LogP contribution is -2.39. The van der Waals surface area contributed by atoms with Gasteiger partial charge in [0.25, 0.3) is 0 Å². The maximum absolute atomic E-state index is 11.3. The van der Waals surface area contributed by atoms with Crippen molar-refractivity contribution in [2.45, 2.75) is 45.4 Å². The maximum Gasteiger partial charge on any atom is 0.314 e. The molecule has 2 heterocycles. The van der Waals surface area contributed by atoms with Crippen molar-refractivity contribution >= 4 is 11.5 Å². The molecule has 1 saturated carbocycles. The second-order valence-electron chi connectivity index (χ2n) is 6.25. The standard InChI is InChI=1S/C15H21N3O2/c1-12-4-9-16-14(13(12)18(19)20)17-10-7-15(8-11-17)5-2-3-6-15/h4,9H,2-3,5-8,10-11H2,1H3. The molecule has 3 rings (SSSR count). The lowest BCUT2D eigenvalue weighted by molar-refractivity contribution is -0.384. The molecule has 0 radical (unpaired) electrons. The van der Waals surface area contributed by atoms with Crippen LogP contribution in [0.2, 0.25) is 0 Å². The third-order valence-corrected chi connectivity index (χ3v) is 5.08. The fourth-order valence-electron chi connectivity index (χ4n) is 3.81. The molecule has 0 aromatic carbocycles. The Bertz CT molecular complexity index is 514. The number of nitro groups is 1. The quantitative estimate of drug-likeness (QED) is 0.612. The summed E-state index contributed by atoms with van der Waals surface area (Å²) in [6, 6.07) is 1.71. The van der Waals surface area contributed by atoms with Gasteiger partial charge in [-0.1, -0.05) is 12.8 Å². The molecule has 1 aromatic rings. The third kappa shape index (κ3) is 2.25. The molecule has 1 aliphatic carbocycles. The first-order valence-electron chi connectivity index (χ1n) is 7.46. The van der Waals surface area contributed by atoms with Crippen molar-refractivity contribution in [3.05, 3.63) is 27.9 Å². The van der Waals surface area contributed by atoms with Crippen LogP contribution in [-0.4, -0.2) is 23.0 Å². The Morgan fingerprint density at radius 3 is 2.50 bits per heavy atom. The highest BCUT2D eigenvalue weighted by molar-refractivity contribution is 5.61. The van der Waals surface area contributed by atoms with Crippen LogP contribution in [0.15, 0.2) is 12.3 Å². The summed E-state index contributed by atoms with van der Waals surface area (Å²) in [5.74, 6) is 0.558. The van der Waals surface area contributed by atoms with E-state index in [0.717, 1.165) is 25.9 Å². The molecule has 108 valence electrons. The minimum atomic E-state index is -0.294. The molecule has 5 nitrogen and oxygen atoms in total. The molecule has 2 fully saturated rings. The van der Waals surface area contributed by atoms with Crippen molar-refractivity contribution in [2.24, 2.45) is 5.41 Å². The molecule has 0 N–H and O–H groups in total. The zero-order valence-corrected chi connectivity index (χ0v) is 12.0. The summed E-state index contributed by atoms with van der Waals surface area (Å²) < 4.78 is 0. The minimum Gasteiger partial charge on any atom is -0.351 e. The fraction of sp³-hybridized carbons (Fsp3) is 0.667. The van der Waals surface area contributed by atoms with Crippen LogP contribution in [0.3, 0.4) is 0 Å². The highest BCUT2D eigenvalue weighted by atomic mass is 16.6. The fourth-order valence-corrected chi connectivity index (χ4v) is 3.81. The van der Waals surface area contributed by atoms with E-state index in [1.54, 1.807) is 19.2 Å². The first-order chi connectivity index (χ1) is 9.61. The zero-order valence-electron chi connectivity index (χ0n) is 12.0. The number of piperidine rings is 1. The smallest absolute Gasteiger partial charge is 0.314 e. The Labute approximate surface area is 119 Å². The predicted octanol–water partition coefficient (Wildman–Crippen LogP) is 3.46. The highest BCUT2D eigenvalue weighted by Crippen LogP contribution is 2.47. The molecule has 0 amide bonds. The third-order valence-electron chi connectivity index (χ3n) is 5.08. The molecule has 0 unspecified atom stereocenters. The molecular formula is C15H21N3O2. The summed E-state index contributed by atoms with van der Waals surface area (Å²) in [5, 5.41) is 11.3. The molecule has 0 bridgehead atoms. The van der Waals surface area contributed by atoms with Gasteiger partial charge in [0.15, 0.2) is 0 Å². The van der Waals surface area contributed by atoms with Gasteiger partial charge in [0.05, 0.1) is 4.92 Å². The summed E-state index contributed by atoms with van der Waals surface area (Å²) in [4.78, 5) is 17.4. The lowest BCUT2D eigenvalue weighted by atomic mass is 9.77. The summed E-state index contributed by atoms with van der Waals surface area (Å²) >= 11 is 0. The van der Waals surface area contributed by atoms with Gasteiger partial charge < -0.3 is 4.90 Å². The van der Waals surface area contributed by atoms with Gasteiger partial charge in [-0.2, -0.15) is 0 Å². The average Bonchev–Trinajstić information content (AvgIpc) is 2.87. The molecule has 1 spiro atoms. The van der Waals surface area contributed by atoms with Crippen LogP contribution in [0.1, 0.15) is 44.1 Å². The van der Waals surface area contributed by atoms with Crippen molar-refractivity contribution in [1.82, 2.24) is 4.98 Å². The number of hydrogen-bond donors (Lipinski definition) is 0. The van der Waals surface area contributed by atoms with E-state index in [1.165, 1.54) is 25.7 Å². The molecule has 1 aliphatic heterocycles. The lowest BCUT2D eigenvalue weighted by Gasteiger charge is -2.39. The van der Waals surface area contributed by atoms with Crippen LogP contribution in [0.25, 0.3) is 0 Å². The number of hydrogen-bond acceptors (Lipinski definition) is 4. The molecule has 1 saturated heterocycles. The Morgan fingerprint density at radius 2 is 1.90 bits per heavy atom. The van der Waals surface area contributed by atoms with Crippen molar-refractivity contribution in [3.63, 3.8) is 0 Å². The number of aryl methyl sites for hydroxylation is 1. The van der Waals surface area contributed by atoms with Crippen LogP contribution in [-0.2, 0) is 0 Å². The van der Waals surface area contributed by atoms with Gasteiger partial charge in [-0.05, 0) is 44.1 Å².